The Morgan fingerprint density at radius 3 is 0.875 bits per heavy atom. The number of ether oxygens (including phenoxy) is 2. The first-order valence-electron chi connectivity index (χ1n) is 38.6. The number of carbonyl (C=O) groups is 17. The molecule has 0 aromatic carbocycles. The van der Waals surface area contributed by atoms with E-state index in [2.05, 4.69) is 0 Å². The average Bonchev–Trinajstić information content (AvgIpc) is 1.72. The van der Waals surface area contributed by atoms with Crippen LogP contribution in [0.4, 0.5) is 0 Å². The third kappa shape index (κ3) is 33.3. The zero-order chi connectivity index (χ0) is 79.6. The molecule has 5 rings (SSSR count). The van der Waals surface area contributed by atoms with Gasteiger partial charge >= 0.3 is 5.97 Å². The lowest BCUT2D eigenvalue weighted by Crippen LogP contribution is -2.34. The quantitative estimate of drug-likeness (QED) is 0.0312. The molecule has 5 aliphatic heterocycles. The van der Waals surface area contributed by atoms with Gasteiger partial charge in [0.25, 0.3) is 0 Å². The number of ketones is 6. The number of nitrogens with zero attached hydrogens (tertiary/aromatic N) is 5. The largest absolute Gasteiger partial charge is 0.465 e. The molecule has 5 unspecified atom stereocenters. The van der Waals surface area contributed by atoms with Gasteiger partial charge in [-0.25, -0.2) is 0 Å². The second-order valence-corrected chi connectivity index (χ2v) is 31.7. The van der Waals surface area contributed by atoms with Gasteiger partial charge in [-0.2, -0.15) is 0 Å². The average molecular weight is 1470 g/mol. The van der Waals surface area contributed by atoms with Crippen molar-refractivity contribution < 1.29 is 91.0 Å². The lowest BCUT2D eigenvalue weighted by Gasteiger charge is -2.16. The fraction of sp³-hybridized carbons (Fsp3) is 0.787. The van der Waals surface area contributed by atoms with Gasteiger partial charge in [0, 0.05) is 176 Å². The summed E-state index contributed by atoms with van der Waals surface area (Å²) in [6.45, 7) is 40.7. The molecule has 24 heteroatoms. The molecule has 5 atom stereocenters. The van der Waals surface area contributed by atoms with Crippen LogP contribution in [0, 0.1) is 88.8 Å². The maximum atomic E-state index is 12.2. The minimum atomic E-state index is -0.273. The maximum Gasteiger partial charge on any atom is 0.308 e. The number of esters is 1. The number of Topliss-reactive ketones (excluding diaryl/α,β-unsaturated/α-hetero) is 6. The van der Waals surface area contributed by atoms with E-state index < -0.39 is 0 Å². The van der Waals surface area contributed by atoms with Crippen LogP contribution in [0.1, 0.15) is 267 Å². The summed E-state index contributed by atoms with van der Waals surface area (Å²) in [7, 11) is 0. The molecule has 24 nitrogen and oxygen atoms in total. The summed E-state index contributed by atoms with van der Waals surface area (Å²) >= 11 is 0. The molecule has 0 bridgehead atoms. The van der Waals surface area contributed by atoms with E-state index in [0.29, 0.717) is 116 Å². The fourth-order valence-electron chi connectivity index (χ4n) is 12.0. The molecular formula is C80H131N5O19. The molecule has 0 radical (unpaired) electrons. The second kappa shape index (κ2) is 48.4. The normalized spacial score (nSPS) is 19.1. The molecule has 0 N–H and O–H groups in total. The van der Waals surface area contributed by atoms with Crippen molar-refractivity contribution in [2.45, 2.75) is 267 Å². The molecule has 0 aromatic rings. The van der Waals surface area contributed by atoms with Crippen LogP contribution in [0.5, 0.6) is 0 Å². The number of unbranched alkanes of at least 4 members (excludes halogenated alkanes) is 2. The van der Waals surface area contributed by atoms with Crippen molar-refractivity contribution in [1.82, 2.24) is 24.5 Å². The Morgan fingerprint density at radius 2 is 0.548 bits per heavy atom. The number of hydrogen-bond donors (Lipinski definition) is 0. The Hall–Kier alpha value is -6.85. The van der Waals surface area contributed by atoms with Crippen LogP contribution in [0.2, 0.25) is 0 Å². The van der Waals surface area contributed by atoms with Crippen LogP contribution in [-0.4, -0.2) is 177 Å². The summed E-state index contributed by atoms with van der Waals surface area (Å²) in [5, 5.41) is 0. The fourth-order valence-corrected chi connectivity index (χ4v) is 12.0. The van der Waals surface area contributed by atoms with Crippen LogP contribution < -0.4 is 0 Å². The Morgan fingerprint density at radius 1 is 0.279 bits per heavy atom. The molecule has 5 fully saturated rings. The Balaban J connectivity index is 0.000000655. The van der Waals surface area contributed by atoms with E-state index in [0.717, 1.165) is 19.3 Å². The molecule has 5 heterocycles. The van der Waals surface area contributed by atoms with Gasteiger partial charge in [-0.3, -0.25) is 106 Å². The molecular weight excluding hydrogens is 1330 g/mol. The van der Waals surface area contributed by atoms with Crippen molar-refractivity contribution in [2.75, 3.05) is 52.5 Å². The van der Waals surface area contributed by atoms with Crippen molar-refractivity contribution >= 4 is 99.7 Å². The monoisotopic (exact) mass is 1470 g/mol. The van der Waals surface area contributed by atoms with E-state index in [1.54, 1.807) is 13.8 Å². The van der Waals surface area contributed by atoms with Crippen molar-refractivity contribution in [2.24, 2.45) is 88.8 Å². The van der Waals surface area contributed by atoms with Crippen LogP contribution in [0.3, 0.4) is 0 Å². The van der Waals surface area contributed by atoms with Gasteiger partial charge in [0.15, 0.2) is 0 Å². The van der Waals surface area contributed by atoms with Gasteiger partial charge in [0.05, 0.1) is 19.1 Å². The minimum Gasteiger partial charge on any atom is -0.465 e. The zero-order valence-electron chi connectivity index (χ0n) is 67.0. The highest BCUT2D eigenvalue weighted by molar-refractivity contribution is 6.06. The summed E-state index contributed by atoms with van der Waals surface area (Å²) in [4.78, 5) is 207. The van der Waals surface area contributed by atoms with Crippen LogP contribution in [0.15, 0.2) is 0 Å². The van der Waals surface area contributed by atoms with Gasteiger partial charge in [-0.05, 0) is 68.1 Å². The Kier molecular flexibility index (Phi) is 44.3. The third-order valence-electron chi connectivity index (χ3n) is 19.7. The first-order chi connectivity index (χ1) is 48.5. The first kappa shape index (κ1) is 95.2. The number of amides is 10. The standard InChI is InChI=1S/C20H33NO5.C17H27NO5.C16H27NO3.C14H23NO3.C13H21NO3/c1-14(2)17-13-19(24)21(20(17)25)10-5-7-16(22)8-6-11-26-12-9-18(23)15(3)4;1-11(2)14-10-15(20)18(16(14)21)8-7-13(19)6-5-9-23-17(22)12(3)4;1-11(2)13-10-15(19)17(16(13)20)9-7-5-6-8-14(18)12(3)4;1-9(2)11-8-13(17)15(14(11)18)7-5-6-12(16)10(3)4;1-8(2)10-7-12(16)14(13(10)17)6-5-11(15)9(3)4/h14-15,17H,5-13H2,1-4H3;11-12,14H,5-10H2,1-4H3;11-13H,5-10H2,1-4H3;9-11H,5-8H2,1-4H3;8-10H,5-7H2,1-4H3. The third-order valence-corrected chi connectivity index (χ3v) is 19.7. The van der Waals surface area contributed by atoms with E-state index in [1.807, 2.05) is 125 Å². The minimum absolute atomic E-state index is 0.0109. The molecule has 0 spiro atoms. The Labute approximate surface area is 620 Å². The number of carbonyl (C=O) groups excluding carboxylic acids is 17. The van der Waals surface area contributed by atoms with E-state index in [4.69, 9.17) is 9.47 Å². The number of likely N-dealkylation sites (tertiary alicyclic amines) is 5. The first-order valence-corrected chi connectivity index (χ1v) is 38.6. The summed E-state index contributed by atoms with van der Waals surface area (Å²) in [6, 6.07) is 0. The van der Waals surface area contributed by atoms with E-state index in [9.17, 15) is 81.5 Å². The SMILES string of the molecule is CC(C)C(=O)CCCCCN1C(=O)CC(C(C)C)C1=O.CC(C)C(=O)CCCN1C(=O)CC(C(C)C)C1=O.CC(C)C(=O)CCN1C(=O)CC(C(C)C)C1=O.CC(C)C(=O)CCOCCCC(=O)CCCN1C(=O)CC(C(C)C)C1=O.CC(C)C(=O)OCCCC(=O)CCN1C(=O)CC(C(C)C)C1=O. The maximum absolute atomic E-state index is 12.2. The van der Waals surface area contributed by atoms with Crippen molar-refractivity contribution in [3.05, 3.63) is 0 Å². The highest BCUT2D eigenvalue weighted by atomic mass is 16.5. The molecule has 5 saturated heterocycles. The van der Waals surface area contributed by atoms with Gasteiger partial charge in [0.2, 0.25) is 59.1 Å². The second-order valence-electron chi connectivity index (χ2n) is 31.7. The number of imide groups is 5. The lowest BCUT2D eigenvalue weighted by molar-refractivity contribution is -0.148. The highest BCUT2D eigenvalue weighted by Gasteiger charge is 2.44. The van der Waals surface area contributed by atoms with Gasteiger partial charge in [-0.15, -0.1) is 0 Å². The molecule has 0 aliphatic carbocycles. The van der Waals surface area contributed by atoms with Gasteiger partial charge in [0.1, 0.15) is 34.7 Å². The number of hydrogen-bond acceptors (Lipinski definition) is 19. The molecule has 590 valence electrons. The topological polar surface area (TPSA) is 325 Å². The van der Waals surface area contributed by atoms with E-state index in [-0.39, 0.29) is 234 Å². The smallest absolute Gasteiger partial charge is 0.308 e. The molecule has 0 aromatic heterocycles. The Bertz CT molecular complexity index is 2920. The number of rotatable bonds is 41. The van der Waals surface area contributed by atoms with Crippen molar-refractivity contribution in [3.63, 3.8) is 0 Å². The summed E-state index contributed by atoms with van der Waals surface area (Å²) < 4.78 is 10.4. The van der Waals surface area contributed by atoms with E-state index in [1.165, 1.54) is 24.5 Å². The van der Waals surface area contributed by atoms with Crippen LogP contribution in [-0.2, 0) is 91.0 Å². The summed E-state index contributed by atoms with van der Waals surface area (Å²) in [6.07, 6.45) is 9.26. The lowest BCUT2D eigenvalue weighted by atomic mass is 9.94. The van der Waals surface area contributed by atoms with Crippen LogP contribution >= 0.6 is 0 Å². The van der Waals surface area contributed by atoms with Crippen molar-refractivity contribution in [1.29, 1.82) is 0 Å². The molecule has 10 amide bonds. The molecule has 5 aliphatic rings. The van der Waals surface area contributed by atoms with Crippen molar-refractivity contribution in [3.8, 4) is 0 Å². The van der Waals surface area contributed by atoms with Crippen LogP contribution in [0.25, 0.3) is 0 Å². The predicted molar refractivity (Wildman–Crippen MR) is 394 cm³/mol. The zero-order valence-corrected chi connectivity index (χ0v) is 67.0. The highest BCUT2D eigenvalue weighted by Crippen LogP contribution is 2.31. The van der Waals surface area contributed by atoms with Gasteiger partial charge in [-0.1, -0.05) is 145 Å². The van der Waals surface area contributed by atoms with Gasteiger partial charge < -0.3 is 9.47 Å². The molecule has 0 saturated carbocycles. The molecule has 104 heavy (non-hydrogen) atoms. The predicted octanol–water partition coefficient (Wildman–Crippen LogP) is 11.2. The van der Waals surface area contributed by atoms with E-state index >= 15 is 0 Å². The summed E-state index contributed by atoms with van der Waals surface area (Å²) in [5.74, 6) is -0.561. The summed E-state index contributed by atoms with van der Waals surface area (Å²) in [5.41, 5.74) is 0.